The molecule has 2 aliphatic rings. The lowest BCUT2D eigenvalue weighted by Gasteiger charge is -2.39. The van der Waals surface area contributed by atoms with E-state index in [-0.39, 0.29) is 12.2 Å². The number of hydrogen-bond donors (Lipinski definition) is 1. The van der Waals surface area contributed by atoms with E-state index in [0.29, 0.717) is 40.2 Å². The summed E-state index contributed by atoms with van der Waals surface area (Å²) in [5.74, 6) is 0.169. The van der Waals surface area contributed by atoms with Crippen LogP contribution in [0.5, 0.6) is 0 Å². The fourth-order valence-corrected chi connectivity index (χ4v) is 5.14. The van der Waals surface area contributed by atoms with Crippen molar-refractivity contribution in [3.05, 3.63) is 61.7 Å². The highest BCUT2D eigenvalue weighted by Crippen LogP contribution is 2.37. The first-order valence-corrected chi connectivity index (χ1v) is 12.4. The molecule has 1 fully saturated rings. The lowest BCUT2D eigenvalue weighted by Crippen LogP contribution is -2.50. The lowest BCUT2D eigenvalue weighted by atomic mass is 9.95. The van der Waals surface area contributed by atoms with Gasteiger partial charge in [0, 0.05) is 52.5 Å². The molecule has 1 unspecified atom stereocenters. The Balaban J connectivity index is 1.81. The topological polar surface area (TPSA) is 76.0 Å². The molecule has 1 aromatic carbocycles. The fourth-order valence-electron chi connectivity index (χ4n) is 4.04. The van der Waals surface area contributed by atoms with Crippen molar-refractivity contribution in [2.24, 2.45) is 4.99 Å². The highest BCUT2D eigenvalue weighted by Gasteiger charge is 2.36. The molecule has 2 aromatic rings. The van der Waals surface area contributed by atoms with Gasteiger partial charge in [0.25, 0.3) is 0 Å². The van der Waals surface area contributed by atoms with Crippen LogP contribution in [0.25, 0.3) is 0 Å². The Hall–Kier alpha value is -1.97. The van der Waals surface area contributed by atoms with Crippen molar-refractivity contribution >= 4 is 46.3 Å². The minimum Gasteiger partial charge on any atom is -0.463 e. The molecule has 0 spiro atoms. The van der Waals surface area contributed by atoms with Crippen LogP contribution in [0.15, 0.2) is 46.0 Å². The van der Waals surface area contributed by atoms with Gasteiger partial charge in [-0.1, -0.05) is 29.3 Å². The van der Waals surface area contributed by atoms with Crippen LogP contribution in [0, 0.1) is 0 Å². The molecule has 4 rings (SSSR count). The molecular formula is C23H26Cl2N4O3S. The van der Waals surface area contributed by atoms with Gasteiger partial charge in [0.15, 0.2) is 10.8 Å². The van der Waals surface area contributed by atoms with Gasteiger partial charge in [-0.05, 0) is 32.9 Å². The van der Waals surface area contributed by atoms with Gasteiger partial charge in [-0.2, -0.15) is 0 Å². The largest absolute Gasteiger partial charge is 0.463 e. The Kier molecular flexibility index (Phi) is 7.40. The average molecular weight is 509 g/mol. The number of amidine groups is 1. The number of halogens is 2. The maximum Gasteiger partial charge on any atom is 0.338 e. The van der Waals surface area contributed by atoms with Gasteiger partial charge in [0.05, 0.1) is 24.4 Å². The van der Waals surface area contributed by atoms with E-state index in [4.69, 9.17) is 37.7 Å². The Labute approximate surface area is 207 Å². The van der Waals surface area contributed by atoms with E-state index in [1.165, 1.54) is 11.3 Å². The molecule has 1 aromatic heterocycles. The zero-order chi connectivity index (χ0) is 23.6. The number of carbonyl (C=O) groups excluding carboxylic acids is 1. The Morgan fingerprint density at radius 3 is 2.88 bits per heavy atom. The highest BCUT2D eigenvalue weighted by molar-refractivity contribution is 7.11. The normalized spacial score (nSPS) is 20.9. The summed E-state index contributed by atoms with van der Waals surface area (Å²) in [6.07, 6.45) is 1.73. The van der Waals surface area contributed by atoms with Crippen molar-refractivity contribution in [2.45, 2.75) is 32.4 Å². The summed E-state index contributed by atoms with van der Waals surface area (Å²) in [5.41, 5.74) is 1.57. The van der Waals surface area contributed by atoms with E-state index in [2.05, 4.69) is 29.0 Å². The van der Waals surface area contributed by atoms with Crippen LogP contribution >= 0.6 is 34.5 Å². The van der Waals surface area contributed by atoms with Crippen LogP contribution in [0.2, 0.25) is 10.0 Å². The number of nitrogens with one attached hydrogen (secondary N) is 1. The maximum atomic E-state index is 13.2. The fraction of sp³-hybridized carbons (Fsp3) is 0.435. The molecule has 0 saturated carbocycles. The van der Waals surface area contributed by atoms with E-state index < -0.39 is 12.0 Å². The standard InChI is InChI=1S/C23H26Cl2N4O3S/c1-4-31-22(30)18-17(12-29-8-9-32-23(2,3)13-29)27-20(21-26-7-10-33-21)28-19(18)15-6-5-14(24)11-16(15)25/h5-7,10-11,19H,4,8-9,12-13H2,1-3H3,(H,27,28). The van der Waals surface area contributed by atoms with Crippen LogP contribution in [0.4, 0.5) is 0 Å². The minimum absolute atomic E-state index is 0.254. The van der Waals surface area contributed by atoms with E-state index >= 15 is 0 Å². The van der Waals surface area contributed by atoms with Gasteiger partial charge in [-0.25, -0.2) is 9.78 Å². The molecule has 0 radical (unpaired) electrons. The Morgan fingerprint density at radius 2 is 2.21 bits per heavy atom. The van der Waals surface area contributed by atoms with Crippen molar-refractivity contribution in [3.8, 4) is 0 Å². The second kappa shape index (κ2) is 10.1. The molecule has 1 atom stereocenters. The van der Waals surface area contributed by atoms with Crippen LogP contribution < -0.4 is 5.32 Å². The predicted octanol–water partition coefficient (Wildman–Crippen LogP) is 4.47. The van der Waals surface area contributed by atoms with E-state index in [1.54, 1.807) is 31.3 Å². The van der Waals surface area contributed by atoms with Crippen LogP contribution in [-0.2, 0) is 14.3 Å². The van der Waals surface area contributed by atoms with Gasteiger partial charge < -0.3 is 14.8 Å². The first kappa shape index (κ1) is 24.2. The molecule has 3 heterocycles. The summed E-state index contributed by atoms with van der Waals surface area (Å²) in [6, 6.07) is 4.55. The maximum absolute atomic E-state index is 13.2. The zero-order valence-corrected chi connectivity index (χ0v) is 21.1. The van der Waals surface area contributed by atoms with Crippen molar-refractivity contribution in [2.75, 3.05) is 32.8 Å². The molecule has 0 amide bonds. The number of aliphatic imine (C=N–C) groups is 1. The lowest BCUT2D eigenvalue weighted by molar-refractivity contribution is -0.139. The molecular weight excluding hydrogens is 483 g/mol. The third-order valence-corrected chi connectivity index (χ3v) is 6.74. The molecule has 1 saturated heterocycles. The third kappa shape index (κ3) is 5.58. The Bertz CT molecular complexity index is 1090. The summed E-state index contributed by atoms with van der Waals surface area (Å²) in [4.78, 5) is 24.8. The molecule has 10 heteroatoms. The van der Waals surface area contributed by atoms with Gasteiger partial charge in [-0.3, -0.25) is 9.89 Å². The quantitative estimate of drug-likeness (QED) is 0.580. The zero-order valence-electron chi connectivity index (χ0n) is 18.7. The van der Waals surface area contributed by atoms with Gasteiger partial charge in [0.1, 0.15) is 6.04 Å². The monoisotopic (exact) mass is 508 g/mol. The number of thiazole rings is 1. The molecule has 0 bridgehead atoms. The molecule has 0 aliphatic carbocycles. The number of ether oxygens (including phenoxy) is 2. The summed E-state index contributed by atoms with van der Waals surface area (Å²) in [6.45, 7) is 8.77. The predicted molar refractivity (Wildman–Crippen MR) is 131 cm³/mol. The number of morpholine rings is 1. The van der Waals surface area contributed by atoms with Crippen molar-refractivity contribution < 1.29 is 14.3 Å². The number of benzene rings is 1. The van der Waals surface area contributed by atoms with Gasteiger partial charge >= 0.3 is 5.97 Å². The van der Waals surface area contributed by atoms with E-state index in [1.807, 2.05) is 5.38 Å². The second-order valence-corrected chi connectivity index (χ2v) is 10.2. The number of carbonyl (C=O) groups is 1. The molecule has 7 nitrogen and oxygen atoms in total. The first-order valence-electron chi connectivity index (χ1n) is 10.7. The van der Waals surface area contributed by atoms with Gasteiger partial charge in [0.2, 0.25) is 0 Å². The van der Waals surface area contributed by atoms with E-state index in [0.717, 1.165) is 23.8 Å². The van der Waals surface area contributed by atoms with Crippen LogP contribution in [0.3, 0.4) is 0 Å². The average Bonchev–Trinajstić information content (AvgIpc) is 3.28. The summed E-state index contributed by atoms with van der Waals surface area (Å²) >= 11 is 14.2. The summed E-state index contributed by atoms with van der Waals surface area (Å²) in [7, 11) is 0. The minimum atomic E-state index is -0.655. The van der Waals surface area contributed by atoms with Gasteiger partial charge in [-0.15, -0.1) is 11.3 Å². The van der Waals surface area contributed by atoms with Crippen LogP contribution in [0.1, 0.15) is 37.4 Å². The summed E-state index contributed by atoms with van der Waals surface area (Å²) in [5, 5.41) is 6.94. The van der Waals surface area contributed by atoms with E-state index in [9.17, 15) is 4.79 Å². The third-order valence-electron chi connectivity index (χ3n) is 5.40. The number of aromatic nitrogens is 1. The van der Waals surface area contributed by atoms with Crippen molar-refractivity contribution in [3.63, 3.8) is 0 Å². The number of esters is 1. The molecule has 33 heavy (non-hydrogen) atoms. The molecule has 2 aliphatic heterocycles. The Morgan fingerprint density at radius 1 is 1.39 bits per heavy atom. The number of rotatable bonds is 6. The highest BCUT2D eigenvalue weighted by atomic mass is 35.5. The smallest absolute Gasteiger partial charge is 0.338 e. The summed E-state index contributed by atoms with van der Waals surface area (Å²) < 4.78 is 11.3. The first-order chi connectivity index (χ1) is 15.8. The molecule has 176 valence electrons. The van der Waals surface area contributed by atoms with Crippen LogP contribution in [-0.4, -0.2) is 60.1 Å². The van der Waals surface area contributed by atoms with Crippen molar-refractivity contribution in [1.82, 2.24) is 15.2 Å². The number of nitrogens with zero attached hydrogens (tertiary/aromatic N) is 3. The van der Waals surface area contributed by atoms with Crippen molar-refractivity contribution in [1.29, 1.82) is 0 Å². The SMILES string of the molecule is CCOC(=O)C1=C(CN2CCOC(C)(C)C2)NC(c2nccs2)=NC1c1ccc(Cl)cc1Cl. The second-order valence-electron chi connectivity index (χ2n) is 8.44. The number of hydrogen-bond acceptors (Lipinski definition) is 8. The molecule has 1 N–H and O–H groups in total.